The fourth-order valence-electron chi connectivity index (χ4n) is 2.64. The Bertz CT molecular complexity index is 331. The quantitative estimate of drug-likeness (QED) is 0.540. The highest BCUT2D eigenvalue weighted by Crippen LogP contribution is 2.43. The van der Waals surface area contributed by atoms with Gasteiger partial charge < -0.3 is 0 Å². The molecule has 1 unspecified atom stereocenters. The Kier molecular flexibility index (Phi) is 3.05. The van der Waals surface area contributed by atoms with Crippen molar-refractivity contribution in [1.82, 2.24) is 8.84 Å². The average molecular weight is 265 g/mol. The molecule has 2 rings (SSSR count). The lowest BCUT2D eigenvalue weighted by Crippen LogP contribution is -2.49. The summed E-state index contributed by atoms with van der Waals surface area (Å²) in [4.78, 5) is 23.5. The van der Waals surface area contributed by atoms with Crippen molar-refractivity contribution in [2.45, 2.75) is 44.6 Å². The molecule has 1 aliphatic carbocycles. The van der Waals surface area contributed by atoms with E-state index in [4.69, 9.17) is 23.6 Å². The van der Waals surface area contributed by atoms with E-state index in [0.717, 1.165) is 30.1 Å². The Morgan fingerprint density at radius 1 is 1.19 bits per heavy atom. The third-order valence-electron chi connectivity index (χ3n) is 3.76. The molecule has 1 aliphatic heterocycles. The molecule has 0 aromatic rings. The summed E-state index contributed by atoms with van der Waals surface area (Å²) >= 11 is 11.5. The van der Waals surface area contributed by atoms with Crippen LogP contribution in [0.4, 0.5) is 4.79 Å². The zero-order valence-corrected chi connectivity index (χ0v) is 10.6. The third-order valence-corrected chi connectivity index (χ3v) is 4.55. The van der Waals surface area contributed by atoms with Gasteiger partial charge >= 0.3 is 6.03 Å². The van der Waals surface area contributed by atoms with Crippen LogP contribution in [0.1, 0.15) is 39.0 Å². The second-order valence-corrected chi connectivity index (χ2v) is 5.31. The lowest BCUT2D eigenvalue weighted by Gasteiger charge is -2.36. The zero-order valence-electron chi connectivity index (χ0n) is 9.08. The number of carbonyl (C=O) groups is 2. The van der Waals surface area contributed by atoms with Crippen LogP contribution in [0.2, 0.25) is 0 Å². The summed E-state index contributed by atoms with van der Waals surface area (Å²) in [5.41, 5.74) is -0.971. The molecule has 3 amide bonds. The molecule has 2 fully saturated rings. The summed E-state index contributed by atoms with van der Waals surface area (Å²) in [6.45, 7) is 1.71. The molecule has 1 atom stereocenters. The van der Waals surface area contributed by atoms with Gasteiger partial charge in [0, 0.05) is 23.6 Å². The maximum Gasteiger partial charge on any atom is 0.357 e. The molecule has 0 bridgehead atoms. The van der Waals surface area contributed by atoms with Crippen molar-refractivity contribution < 1.29 is 9.59 Å². The van der Waals surface area contributed by atoms with Gasteiger partial charge in [-0.3, -0.25) is 4.79 Å². The Hall–Kier alpha value is -0.480. The number of halogens is 2. The van der Waals surface area contributed by atoms with Gasteiger partial charge in [-0.25, -0.2) is 9.21 Å². The largest absolute Gasteiger partial charge is 0.357 e. The van der Waals surface area contributed by atoms with Crippen LogP contribution in [0.15, 0.2) is 0 Å². The van der Waals surface area contributed by atoms with Crippen molar-refractivity contribution in [3.8, 4) is 0 Å². The minimum atomic E-state index is -0.971. The van der Waals surface area contributed by atoms with Crippen molar-refractivity contribution in [3.63, 3.8) is 0 Å². The van der Waals surface area contributed by atoms with Gasteiger partial charge in [0.15, 0.2) is 0 Å². The SMILES string of the molecule is CC1(C2CCCCC2)C(=O)N(Cl)C(=O)N1Cl. The number of nitrogens with zero attached hydrogens (tertiary/aromatic N) is 2. The topological polar surface area (TPSA) is 40.6 Å². The van der Waals surface area contributed by atoms with Crippen LogP contribution in [-0.4, -0.2) is 26.3 Å². The maximum absolute atomic E-state index is 12.0. The van der Waals surface area contributed by atoms with E-state index in [1.807, 2.05) is 0 Å². The normalized spacial score (nSPS) is 32.7. The summed E-state index contributed by atoms with van der Waals surface area (Å²) in [5.74, 6) is -0.292. The first-order chi connectivity index (χ1) is 7.49. The number of hydrogen-bond donors (Lipinski definition) is 0. The molecular weight excluding hydrogens is 251 g/mol. The van der Waals surface area contributed by atoms with Crippen LogP contribution < -0.4 is 0 Å². The summed E-state index contributed by atoms with van der Waals surface area (Å²) < 4.78 is 1.57. The molecule has 1 saturated carbocycles. The van der Waals surface area contributed by atoms with Gasteiger partial charge in [0.1, 0.15) is 5.54 Å². The van der Waals surface area contributed by atoms with E-state index >= 15 is 0 Å². The van der Waals surface area contributed by atoms with Crippen LogP contribution in [0.3, 0.4) is 0 Å². The molecular formula is C10H14Cl2N2O2. The summed E-state index contributed by atoms with van der Waals surface area (Å²) in [5, 5.41) is 0. The molecule has 0 aromatic heterocycles. The van der Waals surface area contributed by atoms with E-state index < -0.39 is 17.5 Å². The minimum Gasteiger partial charge on any atom is -0.270 e. The van der Waals surface area contributed by atoms with Gasteiger partial charge in [-0.2, -0.15) is 4.42 Å². The van der Waals surface area contributed by atoms with Crippen LogP contribution in [-0.2, 0) is 4.79 Å². The van der Waals surface area contributed by atoms with Crippen LogP contribution in [0.5, 0.6) is 0 Å². The van der Waals surface area contributed by atoms with E-state index in [-0.39, 0.29) is 5.92 Å². The van der Waals surface area contributed by atoms with Crippen LogP contribution >= 0.6 is 23.6 Å². The number of amides is 3. The van der Waals surface area contributed by atoms with Gasteiger partial charge in [-0.15, -0.1) is 0 Å². The average Bonchev–Trinajstić information content (AvgIpc) is 2.47. The van der Waals surface area contributed by atoms with Crippen molar-refractivity contribution in [1.29, 1.82) is 0 Å². The van der Waals surface area contributed by atoms with Gasteiger partial charge in [-0.05, 0) is 25.7 Å². The molecule has 16 heavy (non-hydrogen) atoms. The molecule has 1 saturated heterocycles. The van der Waals surface area contributed by atoms with E-state index in [1.54, 1.807) is 6.92 Å². The lowest BCUT2D eigenvalue weighted by atomic mass is 9.75. The van der Waals surface area contributed by atoms with Gasteiger partial charge in [0.05, 0.1) is 0 Å². The first-order valence-corrected chi connectivity index (χ1v) is 6.17. The summed E-state index contributed by atoms with van der Waals surface area (Å²) in [7, 11) is 0. The fourth-order valence-corrected chi connectivity index (χ4v) is 3.22. The smallest absolute Gasteiger partial charge is 0.270 e. The monoisotopic (exact) mass is 264 g/mol. The summed E-state index contributed by atoms with van der Waals surface area (Å²) in [6.07, 6.45) is 5.18. The third kappa shape index (κ3) is 1.51. The number of hydrogen-bond acceptors (Lipinski definition) is 2. The number of imide groups is 1. The van der Waals surface area contributed by atoms with E-state index in [9.17, 15) is 9.59 Å². The summed E-state index contributed by atoms with van der Waals surface area (Å²) in [6, 6.07) is -0.638. The van der Waals surface area contributed by atoms with Crippen molar-refractivity contribution >= 4 is 35.5 Å². The van der Waals surface area contributed by atoms with Crippen molar-refractivity contribution in [3.05, 3.63) is 0 Å². The predicted molar refractivity (Wildman–Crippen MR) is 60.8 cm³/mol. The highest BCUT2D eigenvalue weighted by atomic mass is 35.5. The molecule has 90 valence electrons. The molecule has 0 radical (unpaired) electrons. The van der Waals surface area contributed by atoms with Crippen molar-refractivity contribution in [2.75, 3.05) is 0 Å². The van der Waals surface area contributed by atoms with Gasteiger partial charge in [0.2, 0.25) is 0 Å². The molecule has 0 N–H and O–H groups in total. The molecule has 0 aromatic carbocycles. The highest BCUT2D eigenvalue weighted by Gasteiger charge is 2.58. The lowest BCUT2D eigenvalue weighted by molar-refractivity contribution is -0.131. The first-order valence-electron chi connectivity index (χ1n) is 5.50. The van der Waals surface area contributed by atoms with Gasteiger partial charge in [0.25, 0.3) is 5.91 Å². The Labute approximate surface area is 105 Å². The first kappa shape index (κ1) is 12.0. The standard InChI is InChI=1S/C10H14Cl2N2O2/c1-10(7-5-3-2-4-6-7)8(15)13(11)9(16)14(10)12/h7H,2-6H2,1H3. The van der Waals surface area contributed by atoms with E-state index in [1.165, 1.54) is 6.42 Å². The number of rotatable bonds is 1. The molecule has 1 heterocycles. The second-order valence-electron chi connectivity index (χ2n) is 4.63. The number of carbonyl (C=O) groups excluding carboxylic acids is 2. The Morgan fingerprint density at radius 3 is 2.19 bits per heavy atom. The Morgan fingerprint density at radius 2 is 1.75 bits per heavy atom. The molecule has 2 aliphatic rings. The zero-order chi connectivity index (χ0) is 11.9. The van der Waals surface area contributed by atoms with E-state index in [0.29, 0.717) is 4.42 Å². The van der Waals surface area contributed by atoms with Crippen LogP contribution in [0, 0.1) is 5.92 Å². The molecule has 6 heteroatoms. The molecule has 0 spiro atoms. The van der Waals surface area contributed by atoms with E-state index in [2.05, 4.69) is 0 Å². The highest BCUT2D eigenvalue weighted by molar-refractivity contribution is 6.39. The van der Waals surface area contributed by atoms with Crippen molar-refractivity contribution in [2.24, 2.45) is 5.92 Å². The predicted octanol–water partition coefficient (Wildman–Crippen LogP) is 2.90. The number of urea groups is 1. The minimum absolute atomic E-state index is 0.110. The second kappa shape index (κ2) is 4.08. The Balaban J connectivity index is 2.28. The van der Waals surface area contributed by atoms with Gasteiger partial charge in [-0.1, -0.05) is 19.3 Å². The maximum atomic E-state index is 12.0. The van der Waals surface area contributed by atoms with Crippen LogP contribution in [0.25, 0.3) is 0 Å². The molecule has 4 nitrogen and oxygen atoms in total. The fraction of sp³-hybridized carbons (Fsp3) is 0.800.